The van der Waals surface area contributed by atoms with Crippen LogP contribution >= 0.6 is 0 Å². The minimum atomic E-state index is -4.38. The summed E-state index contributed by atoms with van der Waals surface area (Å²) in [5.41, 5.74) is 12.6. The number of fused-ring (bicyclic) bond motifs is 1. The molecule has 6 nitrogen and oxygen atoms in total. The van der Waals surface area contributed by atoms with E-state index in [2.05, 4.69) is 21.5 Å². The van der Waals surface area contributed by atoms with Gasteiger partial charge in [0.1, 0.15) is 17.9 Å². The molecule has 30 heavy (non-hydrogen) atoms. The van der Waals surface area contributed by atoms with E-state index in [0.717, 1.165) is 49.0 Å². The summed E-state index contributed by atoms with van der Waals surface area (Å²) in [7, 11) is 0. The van der Waals surface area contributed by atoms with E-state index in [9.17, 15) is 23.5 Å². The van der Waals surface area contributed by atoms with Gasteiger partial charge in [0, 0.05) is 35.8 Å². The van der Waals surface area contributed by atoms with E-state index < -0.39 is 12.2 Å². The number of allylic oxidation sites excluding steroid dienone is 2. The van der Waals surface area contributed by atoms with Crippen LogP contribution in [0.2, 0.25) is 0 Å². The van der Waals surface area contributed by atoms with E-state index in [1.807, 2.05) is 0 Å². The molecule has 3 rings (SSSR count). The lowest BCUT2D eigenvalue weighted by atomic mass is 9.92. The maximum atomic E-state index is 12.6. The molecule has 0 unspecified atom stereocenters. The minimum Gasteiger partial charge on any atom is -0.508 e. The average Bonchev–Trinajstić information content (AvgIpc) is 2.94. The molecule has 0 saturated heterocycles. The number of nitrogens with two attached hydrogens (primary N) is 1. The van der Waals surface area contributed by atoms with Crippen molar-refractivity contribution in [3.05, 3.63) is 53.5 Å². The molecule has 1 aliphatic carbocycles. The average molecular weight is 419 g/mol. The van der Waals surface area contributed by atoms with Crippen LogP contribution in [-0.4, -0.2) is 21.9 Å². The Hall–Kier alpha value is -3.12. The van der Waals surface area contributed by atoms with E-state index in [1.165, 1.54) is 0 Å². The molecule has 0 radical (unpaired) electrons. The molecule has 1 fully saturated rings. The summed E-state index contributed by atoms with van der Waals surface area (Å²) < 4.78 is 40.0. The lowest BCUT2D eigenvalue weighted by molar-refractivity contribution is -0.153. The minimum absolute atomic E-state index is 0.134. The number of hydrazine groups is 1. The molecule has 1 aromatic heterocycles. The van der Waals surface area contributed by atoms with Crippen LogP contribution in [0.5, 0.6) is 5.75 Å². The molecule has 5 N–H and O–H groups in total. The van der Waals surface area contributed by atoms with Crippen molar-refractivity contribution in [3.8, 4) is 11.8 Å². The van der Waals surface area contributed by atoms with E-state index in [-0.39, 0.29) is 17.5 Å². The number of alkyl halides is 3. The Balaban J connectivity index is 1.84. The fourth-order valence-electron chi connectivity index (χ4n) is 3.45. The number of nitrogens with zero attached hydrogens (tertiary/aromatic N) is 2. The Morgan fingerprint density at radius 1 is 1.43 bits per heavy atom. The highest BCUT2D eigenvalue weighted by Crippen LogP contribution is 2.39. The molecule has 0 aliphatic heterocycles. The van der Waals surface area contributed by atoms with Gasteiger partial charge in [0.2, 0.25) is 0 Å². The molecule has 0 bridgehead atoms. The molecule has 1 aliphatic rings. The van der Waals surface area contributed by atoms with Crippen molar-refractivity contribution in [3.63, 3.8) is 0 Å². The van der Waals surface area contributed by atoms with Crippen molar-refractivity contribution in [2.75, 3.05) is 0 Å². The Bertz CT molecular complexity index is 1010. The Morgan fingerprint density at radius 3 is 2.73 bits per heavy atom. The molecule has 1 aromatic carbocycles. The molecule has 0 amide bonds. The lowest BCUT2D eigenvalue weighted by Crippen LogP contribution is -2.46. The van der Waals surface area contributed by atoms with Gasteiger partial charge in [0.25, 0.3) is 0 Å². The summed E-state index contributed by atoms with van der Waals surface area (Å²) in [6, 6.07) is 5.73. The quantitative estimate of drug-likeness (QED) is 0.403. The van der Waals surface area contributed by atoms with Gasteiger partial charge in [-0.25, -0.2) is 5.43 Å². The number of rotatable bonds is 7. The third kappa shape index (κ3) is 4.39. The van der Waals surface area contributed by atoms with Crippen LogP contribution in [0.3, 0.4) is 0 Å². The van der Waals surface area contributed by atoms with Gasteiger partial charge >= 0.3 is 6.18 Å². The number of benzene rings is 1. The monoisotopic (exact) mass is 419 g/mol. The number of nitriles is 1. The maximum absolute atomic E-state index is 12.6. The zero-order valence-electron chi connectivity index (χ0n) is 16.5. The number of hydrogen-bond acceptors (Lipinski definition) is 5. The summed E-state index contributed by atoms with van der Waals surface area (Å²) in [6.45, 7) is 0.997. The van der Waals surface area contributed by atoms with Gasteiger partial charge in [-0.2, -0.15) is 18.4 Å². The first-order valence-electron chi connectivity index (χ1n) is 9.68. The highest BCUT2D eigenvalue weighted by atomic mass is 19.4. The molecule has 1 saturated carbocycles. The topological polar surface area (TPSA) is 99.0 Å². The standard InChI is InChI=1S/C21H24F3N5O/c1-13(21(22,23)24)27-28-14(11-25)4-2-7-19-18(12-26)17-9-8-16(30)10-20(17)29(19)15-5-3-6-15/h2,4,8-11,13,15,27-28,30H,3,5-7,25H2,1H3/b4-2-,14-11+/t13-/m0/s1. The van der Waals surface area contributed by atoms with Crippen molar-refractivity contribution in [1.82, 2.24) is 15.4 Å². The number of hydrogen-bond donors (Lipinski definition) is 4. The van der Waals surface area contributed by atoms with Crippen LogP contribution < -0.4 is 16.6 Å². The lowest BCUT2D eigenvalue weighted by Gasteiger charge is -2.30. The van der Waals surface area contributed by atoms with Crippen molar-refractivity contribution in [2.45, 2.75) is 50.9 Å². The first-order chi connectivity index (χ1) is 14.3. The first-order valence-corrected chi connectivity index (χ1v) is 9.68. The number of nitrogens with one attached hydrogen (secondary N) is 2. The van der Waals surface area contributed by atoms with Gasteiger partial charge in [0.15, 0.2) is 0 Å². The zero-order valence-corrected chi connectivity index (χ0v) is 16.5. The second-order valence-electron chi connectivity index (χ2n) is 7.35. The van der Waals surface area contributed by atoms with Crippen molar-refractivity contribution in [1.29, 1.82) is 5.26 Å². The van der Waals surface area contributed by atoms with E-state index in [1.54, 1.807) is 30.4 Å². The molecule has 160 valence electrons. The van der Waals surface area contributed by atoms with Crippen LogP contribution in [0.1, 0.15) is 43.5 Å². The van der Waals surface area contributed by atoms with Crippen molar-refractivity contribution < 1.29 is 18.3 Å². The number of aromatic hydroxyl groups is 1. The summed E-state index contributed by atoms with van der Waals surface area (Å²) in [5, 5.41) is 20.4. The second-order valence-corrected chi connectivity index (χ2v) is 7.35. The molecule has 0 spiro atoms. The van der Waals surface area contributed by atoms with Crippen LogP contribution in [0.15, 0.2) is 42.2 Å². The molecule has 9 heteroatoms. The second kappa shape index (κ2) is 8.71. The Kier molecular flexibility index (Phi) is 6.27. The highest BCUT2D eigenvalue weighted by Gasteiger charge is 2.35. The maximum Gasteiger partial charge on any atom is 0.405 e. The summed E-state index contributed by atoms with van der Waals surface area (Å²) in [6.07, 6.45) is 3.58. The molecule has 1 heterocycles. The smallest absolute Gasteiger partial charge is 0.405 e. The zero-order chi connectivity index (χ0) is 21.9. The van der Waals surface area contributed by atoms with Crippen LogP contribution in [0.25, 0.3) is 10.9 Å². The fourth-order valence-corrected chi connectivity index (χ4v) is 3.45. The molecule has 1 atom stereocenters. The van der Waals surface area contributed by atoms with Gasteiger partial charge in [-0.05, 0) is 44.4 Å². The third-order valence-corrected chi connectivity index (χ3v) is 5.35. The van der Waals surface area contributed by atoms with E-state index in [4.69, 9.17) is 5.73 Å². The summed E-state index contributed by atoms with van der Waals surface area (Å²) in [5.74, 6) is 0.134. The predicted octanol–water partition coefficient (Wildman–Crippen LogP) is 3.89. The number of aromatic nitrogens is 1. The summed E-state index contributed by atoms with van der Waals surface area (Å²) in [4.78, 5) is 0. The molecule has 2 aromatic rings. The SMILES string of the molecule is C[C@H](NNC(/C=C\Cc1c(C#N)c2ccc(O)cc2n1C1CCC1)=C/N)C(F)(F)F. The first kappa shape index (κ1) is 21.6. The van der Waals surface area contributed by atoms with Crippen LogP contribution in [0, 0.1) is 11.3 Å². The van der Waals surface area contributed by atoms with Gasteiger partial charge in [-0.1, -0.05) is 6.08 Å². The number of phenols is 1. The van der Waals surface area contributed by atoms with Crippen molar-refractivity contribution >= 4 is 10.9 Å². The van der Waals surface area contributed by atoms with Gasteiger partial charge in [0.05, 0.1) is 16.8 Å². The molecular formula is C21H24F3N5O. The number of phenolic OH excluding ortho intramolecular Hbond substituents is 1. The largest absolute Gasteiger partial charge is 0.508 e. The van der Waals surface area contributed by atoms with Crippen LogP contribution in [-0.2, 0) is 6.42 Å². The van der Waals surface area contributed by atoms with Crippen LogP contribution in [0.4, 0.5) is 13.2 Å². The normalized spacial score (nSPS) is 16.6. The predicted molar refractivity (Wildman–Crippen MR) is 108 cm³/mol. The van der Waals surface area contributed by atoms with E-state index >= 15 is 0 Å². The Labute approximate surface area is 172 Å². The van der Waals surface area contributed by atoms with Crippen molar-refractivity contribution in [2.24, 2.45) is 5.73 Å². The van der Waals surface area contributed by atoms with Gasteiger partial charge < -0.3 is 20.8 Å². The summed E-state index contributed by atoms with van der Waals surface area (Å²) >= 11 is 0. The highest BCUT2D eigenvalue weighted by molar-refractivity contribution is 5.89. The number of halogens is 3. The van der Waals surface area contributed by atoms with Gasteiger partial charge in [-0.15, -0.1) is 0 Å². The third-order valence-electron chi connectivity index (χ3n) is 5.35. The van der Waals surface area contributed by atoms with E-state index in [0.29, 0.717) is 12.0 Å². The fraction of sp³-hybridized carbons (Fsp3) is 0.381. The Morgan fingerprint density at radius 2 is 2.17 bits per heavy atom. The molecular weight excluding hydrogens is 395 g/mol. The van der Waals surface area contributed by atoms with Gasteiger partial charge in [-0.3, -0.25) is 0 Å².